The van der Waals surface area contributed by atoms with Crippen LogP contribution in [0.15, 0.2) is 23.6 Å². The highest BCUT2D eigenvalue weighted by Gasteiger charge is 2.28. The second-order valence-electron chi connectivity index (χ2n) is 3.04. The molecule has 1 aliphatic carbocycles. The molecule has 1 saturated heterocycles. The smallest absolute Gasteiger partial charge is 0.113 e. The number of allylic oxidation sites excluding steroid dienone is 3. The summed E-state index contributed by atoms with van der Waals surface area (Å²) in [6.07, 6.45) is 5.29. The third-order valence-corrected chi connectivity index (χ3v) is 2.31. The van der Waals surface area contributed by atoms with Crippen LogP contribution in [0.5, 0.6) is 0 Å². The lowest BCUT2D eigenvalue weighted by Crippen LogP contribution is -2.14. The van der Waals surface area contributed by atoms with Crippen LogP contribution in [0.25, 0.3) is 0 Å². The maximum Gasteiger partial charge on any atom is 0.113 e. The SMILES string of the molecule is OC1=CCC2CCN(O)C2=C1. The molecule has 0 aromatic rings. The molecule has 2 N–H and O–H groups in total. The fourth-order valence-electron chi connectivity index (χ4n) is 1.67. The van der Waals surface area contributed by atoms with Crippen molar-refractivity contribution in [1.82, 2.24) is 5.06 Å². The Labute approximate surface area is 65.2 Å². The Balaban J connectivity index is 2.27. The van der Waals surface area contributed by atoms with Crippen molar-refractivity contribution in [3.05, 3.63) is 23.6 Å². The first-order valence-corrected chi connectivity index (χ1v) is 3.84. The number of rotatable bonds is 0. The van der Waals surface area contributed by atoms with Crippen LogP contribution >= 0.6 is 0 Å². The summed E-state index contributed by atoms with van der Waals surface area (Å²) in [5, 5.41) is 19.6. The molecule has 3 nitrogen and oxygen atoms in total. The van der Waals surface area contributed by atoms with Crippen LogP contribution in [0.3, 0.4) is 0 Å². The van der Waals surface area contributed by atoms with Gasteiger partial charge in [0.25, 0.3) is 0 Å². The van der Waals surface area contributed by atoms with E-state index in [-0.39, 0.29) is 5.76 Å². The number of hydrogen-bond acceptors (Lipinski definition) is 3. The van der Waals surface area contributed by atoms with Gasteiger partial charge in [-0.25, -0.2) is 0 Å². The third kappa shape index (κ3) is 1.01. The predicted octanol–water partition coefficient (Wildman–Crippen LogP) is 1.43. The standard InChI is InChI=1S/C8H11NO2/c10-7-2-1-6-3-4-9(11)8(6)5-7/h2,5-6,10-11H,1,3-4H2. The summed E-state index contributed by atoms with van der Waals surface area (Å²) < 4.78 is 0. The molecule has 0 radical (unpaired) electrons. The van der Waals surface area contributed by atoms with Crippen molar-refractivity contribution in [3.63, 3.8) is 0 Å². The van der Waals surface area contributed by atoms with Crippen LogP contribution in [-0.2, 0) is 0 Å². The topological polar surface area (TPSA) is 43.7 Å². The fourth-order valence-corrected chi connectivity index (χ4v) is 1.67. The molecule has 0 bridgehead atoms. The van der Waals surface area contributed by atoms with Crippen molar-refractivity contribution in [1.29, 1.82) is 0 Å². The van der Waals surface area contributed by atoms with Gasteiger partial charge in [-0.05, 0) is 18.9 Å². The van der Waals surface area contributed by atoms with Crippen LogP contribution in [0.1, 0.15) is 12.8 Å². The van der Waals surface area contributed by atoms with Crippen LogP contribution in [0.2, 0.25) is 0 Å². The molecule has 0 amide bonds. The van der Waals surface area contributed by atoms with Crippen molar-refractivity contribution in [2.24, 2.45) is 5.92 Å². The summed E-state index contributed by atoms with van der Waals surface area (Å²) in [6.45, 7) is 0.692. The molecule has 2 rings (SSSR count). The van der Waals surface area contributed by atoms with E-state index in [4.69, 9.17) is 5.11 Å². The quantitative estimate of drug-likeness (QED) is 0.553. The molecular formula is C8H11NO2. The molecule has 1 heterocycles. The summed E-state index contributed by atoms with van der Waals surface area (Å²) in [6, 6.07) is 0. The molecule has 0 spiro atoms. The predicted molar refractivity (Wildman–Crippen MR) is 40.0 cm³/mol. The van der Waals surface area contributed by atoms with Gasteiger partial charge < -0.3 is 5.11 Å². The van der Waals surface area contributed by atoms with Gasteiger partial charge in [0.1, 0.15) is 5.76 Å². The normalized spacial score (nSPS) is 29.5. The number of fused-ring (bicyclic) bond motifs is 1. The van der Waals surface area contributed by atoms with E-state index in [2.05, 4.69) is 0 Å². The largest absolute Gasteiger partial charge is 0.508 e. The third-order valence-electron chi connectivity index (χ3n) is 2.31. The zero-order valence-corrected chi connectivity index (χ0v) is 6.20. The molecule has 0 saturated carbocycles. The highest BCUT2D eigenvalue weighted by atomic mass is 16.5. The second-order valence-corrected chi connectivity index (χ2v) is 3.04. The van der Waals surface area contributed by atoms with E-state index >= 15 is 0 Å². The number of hydrogen-bond donors (Lipinski definition) is 2. The number of nitrogens with zero attached hydrogens (tertiary/aromatic N) is 1. The highest BCUT2D eigenvalue weighted by molar-refractivity contribution is 5.25. The minimum atomic E-state index is 0.275. The van der Waals surface area contributed by atoms with Crippen molar-refractivity contribution >= 4 is 0 Å². The molecule has 11 heavy (non-hydrogen) atoms. The maximum absolute atomic E-state index is 9.27. The van der Waals surface area contributed by atoms with E-state index in [0.717, 1.165) is 18.5 Å². The van der Waals surface area contributed by atoms with Crippen molar-refractivity contribution in [2.75, 3.05) is 6.54 Å². The molecule has 1 aliphatic heterocycles. The van der Waals surface area contributed by atoms with Crippen molar-refractivity contribution in [2.45, 2.75) is 12.8 Å². The van der Waals surface area contributed by atoms with E-state index in [0.29, 0.717) is 12.5 Å². The Bertz CT molecular complexity index is 232. The van der Waals surface area contributed by atoms with Gasteiger partial charge >= 0.3 is 0 Å². The zero-order chi connectivity index (χ0) is 7.84. The molecular weight excluding hydrogens is 142 g/mol. The van der Waals surface area contributed by atoms with Gasteiger partial charge in [0.2, 0.25) is 0 Å². The van der Waals surface area contributed by atoms with E-state index < -0.39 is 0 Å². The summed E-state index contributed by atoms with van der Waals surface area (Å²) in [5.41, 5.74) is 0.866. The number of hydroxylamine groups is 2. The molecule has 0 aromatic carbocycles. The summed E-state index contributed by atoms with van der Waals surface area (Å²) in [5.74, 6) is 0.702. The summed E-state index contributed by atoms with van der Waals surface area (Å²) in [4.78, 5) is 0. The van der Waals surface area contributed by atoms with E-state index in [1.165, 1.54) is 5.06 Å². The van der Waals surface area contributed by atoms with Gasteiger partial charge in [-0.15, -0.1) is 0 Å². The Morgan fingerprint density at radius 2 is 2.36 bits per heavy atom. The van der Waals surface area contributed by atoms with E-state index in [1.807, 2.05) is 0 Å². The Morgan fingerprint density at radius 3 is 3.18 bits per heavy atom. The molecule has 1 atom stereocenters. The van der Waals surface area contributed by atoms with Crippen LogP contribution in [0, 0.1) is 5.92 Å². The summed E-state index contributed by atoms with van der Waals surface area (Å²) in [7, 11) is 0. The molecule has 1 fully saturated rings. The van der Waals surface area contributed by atoms with Crippen LogP contribution in [0.4, 0.5) is 0 Å². The molecule has 0 aromatic heterocycles. The molecule has 2 aliphatic rings. The second kappa shape index (κ2) is 2.27. The monoisotopic (exact) mass is 153 g/mol. The van der Waals surface area contributed by atoms with E-state index in [9.17, 15) is 5.21 Å². The lowest BCUT2D eigenvalue weighted by Gasteiger charge is -2.17. The first kappa shape index (κ1) is 6.73. The van der Waals surface area contributed by atoms with Gasteiger partial charge in [0.15, 0.2) is 0 Å². The number of aliphatic hydroxyl groups is 1. The van der Waals surface area contributed by atoms with Gasteiger partial charge in [0, 0.05) is 24.2 Å². The van der Waals surface area contributed by atoms with Gasteiger partial charge in [-0.2, -0.15) is 0 Å². The van der Waals surface area contributed by atoms with Crippen LogP contribution < -0.4 is 0 Å². The minimum Gasteiger partial charge on any atom is -0.508 e. The van der Waals surface area contributed by atoms with Crippen molar-refractivity contribution < 1.29 is 10.3 Å². The molecule has 3 heteroatoms. The van der Waals surface area contributed by atoms with Gasteiger partial charge in [-0.3, -0.25) is 10.3 Å². The van der Waals surface area contributed by atoms with Crippen molar-refractivity contribution in [3.8, 4) is 0 Å². The zero-order valence-electron chi connectivity index (χ0n) is 6.20. The highest BCUT2D eigenvalue weighted by Crippen LogP contribution is 2.33. The Morgan fingerprint density at radius 1 is 1.55 bits per heavy atom. The average molecular weight is 153 g/mol. The lowest BCUT2D eigenvalue weighted by atomic mass is 9.97. The average Bonchev–Trinajstić information content (AvgIpc) is 2.33. The van der Waals surface area contributed by atoms with Gasteiger partial charge in [-0.1, -0.05) is 0 Å². The maximum atomic E-state index is 9.27. The minimum absolute atomic E-state index is 0.275. The lowest BCUT2D eigenvalue weighted by molar-refractivity contribution is -0.0410. The Hall–Kier alpha value is -0.960. The van der Waals surface area contributed by atoms with E-state index in [1.54, 1.807) is 12.2 Å². The molecule has 60 valence electrons. The van der Waals surface area contributed by atoms with Gasteiger partial charge in [0.05, 0.1) is 0 Å². The Kier molecular flexibility index (Phi) is 1.39. The fraction of sp³-hybridized carbons (Fsp3) is 0.500. The summed E-state index contributed by atoms with van der Waals surface area (Å²) >= 11 is 0. The van der Waals surface area contributed by atoms with Crippen LogP contribution in [-0.4, -0.2) is 21.9 Å². The first-order valence-electron chi connectivity index (χ1n) is 3.84. The molecule has 1 unspecified atom stereocenters. The first-order chi connectivity index (χ1) is 5.27. The number of aliphatic hydroxyl groups excluding tert-OH is 1.